The Bertz CT molecular complexity index is 473. The molecule has 0 spiro atoms. The summed E-state index contributed by atoms with van der Waals surface area (Å²) in [5, 5.41) is 9.23. The molecule has 3 nitrogen and oxygen atoms in total. The first kappa shape index (κ1) is 13.6. The predicted molar refractivity (Wildman–Crippen MR) is 78.6 cm³/mol. The van der Waals surface area contributed by atoms with E-state index < -0.39 is 5.97 Å². The van der Waals surface area contributed by atoms with Gasteiger partial charge in [0.25, 0.3) is 0 Å². The molecule has 1 N–H and O–H groups in total. The summed E-state index contributed by atoms with van der Waals surface area (Å²) in [5.74, 6) is 1.11. The molecule has 1 aromatic rings. The van der Waals surface area contributed by atoms with Gasteiger partial charge in [0.2, 0.25) is 0 Å². The van der Waals surface area contributed by atoms with Crippen molar-refractivity contribution < 1.29 is 9.90 Å². The van der Waals surface area contributed by atoms with Gasteiger partial charge < -0.3 is 10.0 Å². The molecule has 3 rings (SSSR count). The Kier molecular flexibility index (Phi) is 3.79. The maximum absolute atomic E-state index is 11.2. The van der Waals surface area contributed by atoms with Crippen LogP contribution in [0.25, 0.3) is 0 Å². The predicted octanol–water partition coefficient (Wildman–Crippen LogP) is 2.83. The summed E-state index contributed by atoms with van der Waals surface area (Å²) >= 11 is 0. The fourth-order valence-electron chi connectivity index (χ4n) is 3.68. The van der Waals surface area contributed by atoms with Crippen LogP contribution in [0.15, 0.2) is 30.3 Å². The fraction of sp³-hybridized carbons (Fsp3) is 0.588. The van der Waals surface area contributed by atoms with Crippen molar-refractivity contribution in [2.24, 2.45) is 17.8 Å². The van der Waals surface area contributed by atoms with Gasteiger partial charge in [-0.3, -0.25) is 4.79 Å². The smallest absolute Gasteiger partial charge is 0.307 e. The van der Waals surface area contributed by atoms with Crippen molar-refractivity contribution in [2.75, 3.05) is 19.6 Å². The van der Waals surface area contributed by atoms with Gasteiger partial charge in [0.1, 0.15) is 0 Å². The summed E-state index contributed by atoms with van der Waals surface area (Å²) in [6.45, 7) is 5.02. The van der Waals surface area contributed by atoms with Gasteiger partial charge in [-0.15, -0.1) is 0 Å². The summed E-state index contributed by atoms with van der Waals surface area (Å²) in [7, 11) is 0. The highest BCUT2D eigenvalue weighted by atomic mass is 16.4. The number of hydrogen-bond donors (Lipinski definition) is 1. The van der Waals surface area contributed by atoms with Gasteiger partial charge in [-0.2, -0.15) is 0 Å². The quantitative estimate of drug-likeness (QED) is 0.917. The molecule has 4 atom stereocenters. The molecular formula is C17H23NO2. The van der Waals surface area contributed by atoms with Crippen molar-refractivity contribution in [3.63, 3.8) is 0 Å². The van der Waals surface area contributed by atoms with E-state index in [9.17, 15) is 9.90 Å². The Morgan fingerprint density at radius 2 is 2.00 bits per heavy atom. The summed E-state index contributed by atoms with van der Waals surface area (Å²) in [6.07, 6.45) is 2.09. The zero-order valence-electron chi connectivity index (χ0n) is 12.0. The molecule has 1 aromatic carbocycles. The van der Waals surface area contributed by atoms with Crippen LogP contribution >= 0.6 is 0 Å². The Balaban J connectivity index is 1.55. The third-order valence-electron chi connectivity index (χ3n) is 4.73. The highest BCUT2D eigenvalue weighted by Crippen LogP contribution is 2.48. The zero-order chi connectivity index (χ0) is 14.1. The van der Waals surface area contributed by atoms with E-state index in [4.69, 9.17) is 0 Å². The van der Waals surface area contributed by atoms with E-state index in [1.54, 1.807) is 0 Å². The largest absolute Gasteiger partial charge is 0.481 e. The molecule has 0 aromatic heterocycles. The van der Waals surface area contributed by atoms with Crippen LogP contribution in [0.2, 0.25) is 0 Å². The molecule has 0 radical (unpaired) electrons. The van der Waals surface area contributed by atoms with E-state index in [0.29, 0.717) is 11.8 Å². The molecule has 1 aliphatic carbocycles. The van der Waals surface area contributed by atoms with Crippen molar-refractivity contribution in [1.82, 2.24) is 4.90 Å². The highest BCUT2D eigenvalue weighted by molar-refractivity contribution is 5.70. The molecule has 1 heterocycles. The molecule has 1 aliphatic heterocycles. The lowest BCUT2D eigenvalue weighted by Crippen LogP contribution is -2.43. The number of likely N-dealkylation sites (tertiary alicyclic amines) is 1. The second kappa shape index (κ2) is 5.57. The number of piperidine rings is 1. The molecule has 0 bridgehead atoms. The number of carbonyl (C=O) groups is 1. The number of rotatable bonds is 4. The molecule has 3 heteroatoms. The van der Waals surface area contributed by atoms with Gasteiger partial charge in [-0.25, -0.2) is 0 Å². The first-order chi connectivity index (χ1) is 9.63. The van der Waals surface area contributed by atoms with Crippen LogP contribution in [0.1, 0.15) is 31.2 Å². The normalized spacial score (nSPS) is 33.9. The Hall–Kier alpha value is -1.35. The molecule has 2 aliphatic rings. The van der Waals surface area contributed by atoms with Crippen molar-refractivity contribution in [2.45, 2.75) is 25.7 Å². The number of carboxylic acids is 1. The zero-order valence-corrected chi connectivity index (χ0v) is 12.0. The van der Waals surface area contributed by atoms with Gasteiger partial charge in [0.15, 0.2) is 0 Å². The second-order valence-corrected chi connectivity index (χ2v) is 6.61. The molecule has 1 saturated heterocycles. The lowest BCUT2D eigenvalue weighted by atomic mass is 9.90. The topological polar surface area (TPSA) is 40.5 Å². The second-order valence-electron chi connectivity index (χ2n) is 6.61. The van der Waals surface area contributed by atoms with Crippen LogP contribution in [0.5, 0.6) is 0 Å². The van der Waals surface area contributed by atoms with Gasteiger partial charge in [0, 0.05) is 19.6 Å². The molecular weight excluding hydrogens is 250 g/mol. The lowest BCUT2D eigenvalue weighted by Gasteiger charge is -2.34. The lowest BCUT2D eigenvalue weighted by molar-refractivity contribution is -0.144. The van der Waals surface area contributed by atoms with Crippen molar-refractivity contribution in [1.29, 1.82) is 0 Å². The minimum Gasteiger partial charge on any atom is -0.481 e. The van der Waals surface area contributed by atoms with E-state index in [1.165, 1.54) is 12.0 Å². The average Bonchev–Trinajstić information content (AvgIpc) is 3.18. The molecule has 2 fully saturated rings. The number of aliphatic carboxylic acids is 1. The Morgan fingerprint density at radius 3 is 2.70 bits per heavy atom. The van der Waals surface area contributed by atoms with Gasteiger partial charge in [-0.1, -0.05) is 37.3 Å². The standard InChI is InChI=1S/C17H23NO2/c1-12-7-15(17(19)20)11-18(9-12)10-14-8-16(14)13-5-3-2-4-6-13/h2-6,12,14-16H,7-11H2,1H3,(H,19,20)/t12?,14-,15?,16-/m0/s1. The van der Waals surface area contributed by atoms with Gasteiger partial charge in [0.05, 0.1) is 5.92 Å². The summed E-state index contributed by atoms with van der Waals surface area (Å²) in [4.78, 5) is 13.6. The van der Waals surface area contributed by atoms with Crippen LogP contribution in [0, 0.1) is 17.8 Å². The molecule has 0 amide bonds. The third kappa shape index (κ3) is 3.04. The number of carboxylic acid groups (broad SMARTS) is 1. The van der Waals surface area contributed by atoms with Gasteiger partial charge >= 0.3 is 5.97 Å². The monoisotopic (exact) mass is 273 g/mol. The maximum atomic E-state index is 11.2. The number of benzene rings is 1. The first-order valence-electron chi connectivity index (χ1n) is 7.63. The number of nitrogens with zero attached hydrogens (tertiary/aromatic N) is 1. The molecule has 1 saturated carbocycles. The Labute approximate surface area is 120 Å². The highest BCUT2D eigenvalue weighted by Gasteiger charge is 2.40. The first-order valence-corrected chi connectivity index (χ1v) is 7.63. The van der Waals surface area contributed by atoms with Gasteiger partial charge in [-0.05, 0) is 36.2 Å². The van der Waals surface area contributed by atoms with Crippen LogP contribution in [0.4, 0.5) is 0 Å². The van der Waals surface area contributed by atoms with E-state index in [-0.39, 0.29) is 5.92 Å². The summed E-state index contributed by atoms with van der Waals surface area (Å²) in [5.41, 5.74) is 1.44. The third-order valence-corrected chi connectivity index (χ3v) is 4.73. The average molecular weight is 273 g/mol. The minimum atomic E-state index is -0.628. The van der Waals surface area contributed by atoms with E-state index >= 15 is 0 Å². The number of hydrogen-bond acceptors (Lipinski definition) is 2. The molecule has 20 heavy (non-hydrogen) atoms. The van der Waals surface area contributed by atoms with Crippen LogP contribution in [-0.4, -0.2) is 35.6 Å². The van der Waals surface area contributed by atoms with Crippen LogP contribution in [0.3, 0.4) is 0 Å². The molecule has 2 unspecified atom stereocenters. The van der Waals surface area contributed by atoms with Crippen LogP contribution < -0.4 is 0 Å². The summed E-state index contributed by atoms with van der Waals surface area (Å²) in [6, 6.07) is 10.7. The van der Waals surface area contributed by atoms with Crippen molar-refractivity contribution in [3.8, 4) is 0 Å². The Morgan fingerprint density at radius 1 is 1.25 bits per heavy atom. The van der Waals surface area contributed by atoms with E-state index in [1.807, 2.05) is 0 Å². The summed E-state index contributed by atoms with van der Waals surface area (Å²) < 4.78 is 0. The maximum Gasteiger partial charge on any atom is 0.307 e. The van der Waals surface area contributed by atoms with Crippen LogP contribution in [-0.2, 0) is 4.79 Å². The minimum absolute atomic E-state index is 0.173. The molecule has 108 valence electrons. The van der Waals surface area contributed by atoms with E-state index in [0.717, 1.165) is 32.0 Å². The fourth-order valence-corrected chi connectivity index (χ4v) is 3.68. The van der Waals surface area contributed by atoms with Crippen molar-refractivity contribution in [3.05, 3.63) is 35.9 Å². The van der Waals surface area contributed by atoms with Crippen molar-refractivity contribution >= 4 is 5.97 Å². The van der Waals surface area contributed by atoms with E-state index in [2.05, 4.69) is 42.2 Å². The SMILES string of the molecule is CC1CC(C(=O)O)CN(C[C@@H]2C[C@H]2c2ccccc2)C1.